The Labute approximate surface area is 206 Å². The molecule has 1 unspecified atom stereocenters. The molecule has 8 heteroatoms. The van der Waals surface area contributed by atoms with Crippen molar-refractivity contribution in [1.29, 1.82) is 0 Å². The summed E-state index contributed by atoms with van der Waals surface area (Å²) in [5.74, 6) is 1.57. The second-order valence-corrected chi connectivity index (χ2v) is 9.87. The van der Waals surface area contributed by atoms with Crippen molar-refractivity contribution in [2.75, 3.05) is 18.0 Å². The summed E-state index contributed by atoms with van der Waals surface area (Å²) in [6, 6.07) is 8.63. The molecule has 1 aliphatic heterocycles. The third-order valence-electron chi connectivity index (χ3n) is 7.77. The van der Waals surface area contributed by atoms with E-state index in [2.05, 4.69) is 63.7 Å². The Hall–Kier alpha value is -3.31. The van der Waals surface area contributed by atoms with Crippen molar-refractivity contribution >= 4 is 22.7 Å². The first-order chi connectivity index (χ1) is 16.9. The smallest absolute Gasteiger partial charge is 0.350 e. The Kier molecular flexibility index (Phi) is 6.28. The molecule has 0 radical (unpaired) electrons. The third-order valence-corrected chi connectivity index (χ3v) is 7.77. The number of hydrogen-bond donors (Lipinski definition) is 0. The number of aryl methyl sites for hydroxylation is 1. The van der Waals surface area contributed by atoms with Crippen LogP contribution in [0.25, 0.3) is 15.9 Å². The van der Waals surface area contributed by atoms with Gasteiger partial charge in [0.1, 0.15) is 0 Å². The molecule has 0 bridgehead atoms. The molecule has 2 fully saturated rings. The molecule has 3 aromatic rings. The molecule has 2 aliphatic rings. The van der Waals surface area contributed by atoms with Crippen LogP contribution in [0.5, 0.6) is 0 Å². The molecule has 1 aliphatic carbocycles. The largest absolute Gasteiger partial charge is 0.361 e. The van der Waals surface area contributed by atoms with E-state index < -0.39 is 0 Å². The predicted molar refractivity (Wildman–Crippen MR) is 138 cm³/mol. The molecule has 4 heterocycles. The van der Waals surface area contributed by atoms with Crippen molar-refractivity contribution in [2.45, 2.75) is 70.5 Å². The maximum absolute atomic E-state index is 12.8. The SMILES string of the molecule is [C-]#[N+]c1ccc2c(n1)c(N1C[C@@H](CC)N(C(C)c3ccc(C4CC4)nc3)C[C@@H]1CC)nc(=O)n2C. The first kappa shape index (κ1) is 23.4. The molecule has 3 atom stereocenters. The van der Waals surface area contributed by atoms with Crippen LogP contribution in [0.3, 0.4) is 0 Å². The number of fused-ring (bicyclic) bond motifs is 1. The van der Waals surface area contributed by atoms with Crippen LogP contribution in [0.2, 0.25) is 0 Å². The molecular formula is C27H33N7O. The van der Waals surface area contributed by atoms with Crippen molar-refractivity contribution < 1.29 is 0 Å². The Morgan fingerprint density at radius 1 is 1.09 bits per heavy atom. The summed E-state index contributed by atoms with van der Waals surface area (Å²) in [5, 5.41) is 0. The van der Waals surface area contributed by atoms with Crippen molar-refractivity contribution in [3.63, 3.8) is 0 Å². The second kappa shape index (κ2) is 9.38. The molecular weight excluding hydrogens is 438 g/mol. The summed E-state index contributed by atoms with van der Waals surface area (Å²) in [6.45, 7) is 15.7. The fraction of sp³-hybridized carbons (Fsp3) is 0.519. The van der Waals surface area contributed by atoms with E-state index in [1.165, 1.54) is 28.7 Å². The highest BCUT2D eigenvalue weighted by molar-refractivity contribution is 5.87. The van der Waals surface area contributed by atoms with Gasteiger partial charge in [-0.2, -0.15) is 4.98 Å². The van der Waals surface area contributed by atoms with Crippen molar-refractivity contribution in [3.05, 3.63) is 63.6 Å². The second-order valence-electron chi connectivity index (χ2n) is 9.87. The van der Waals surface area contributed by atoms with Crippen LogP contribution >= 0.6 is 0 Å². The molecule has 0 N–H and O–H groups in total. The van der Waals surface area contributed by atoms with Gasteiger partial charge < -0.3 is 9.74 Å². The molecule has 0 spiro atoms. The van der Waals surface area contributed by atoms with E-state index in [9.17, 15) is 4.79 Å². The van der Waals surface area contributed by atoms with Gasteiger partial charge in [0.15, 0.2) is 5.82 Å². The summed E-state index contributed by atoms with van der Waals surface area (Å²) in [5.41, 5.74) is 3.49. The van der Waals surface area contributed by atoms with Crippen LogP contribution in [0.15, 0.2) is 35.3 Å². The van der Waals surface area contributed by atoms with Crippen LogP contribution < -0.4 is 10.6 Å². The summed E-state index contributed by atoms with van der Waals surface area (Å²) >= 11 is 0. The van der Waals surface area contributed by atoms with Gasteiger partial charge in [0.2, 0.25) is 5.52 Å². The van der Waals surface area contributed by atoms with E-state index in [4.69, 9.17) is 11.6 Å². The van der Waals surface area contributed by atoms with Gasteiger partial charge >= 0.3 is 5.69 Å². The van der Waals surface area contributed by atoms with Gasteiger partial charge in [0.25, 0.3) is 5.82 Å². The van der Waals surface area contributed by atoms with Gasteiger partial charge in [-0.15, -0.1) is 4.98 Å². The molecule has 0 amide bonds. The molecule has 0 aromatic carbocycles. The summed E-state index contributed by atoms with van der Waals surface area (Å²) in [4.78, 5) is 34.9. The van der Waals surface area contributed by atoms with Gasteiger partial charge in [-0.25, -0.2) is 4.79 Å². The zero-order valence-electron chi connectivity index (χ0n) is 21.0. The number of nitrogens with zero attached hydrogens (tertiary/aromatic N) is 7. The van der Waals surface area contributed by atoms with Gasteiger partial charge in [0, 0.05) is 56.1 Å². The Morgan fingerprint density at radius 2 is 1.86 bits per heavy atom. The molecule has 5 rings (SSSR count). The fourth-order valence-electron chi connectivity index (χ4n) is 5.36. The number of hydrogen-bond acceptors (Lipinski definition) is 6. The highest BCUT2D eigenvalue weighted by Crippen LogP contribution is 2.39. The molecule has 1 saturated carbocycles. The highest BCUT2D eigenvalue weighted by Gasteiger charge is 2.37. The number of rotatable bonds is 6. The first-order valence-corrected chi connectivity index (χ1v) is 12.7. The summed E-state index contributed by atoms with van der Waals surface area (Å²) in [7, 11) is 1.70. The standard InChI is InChI=1S/C27H33N7O/c1-6-20-16-34(26-25-23(32(5)27(35)31-26)12-13-24(28-4)30-25)21(7-2)15-33(20)17(3)19-10-11-22(29-14-19)18-8-9-18/h10-14,17-18,20-21H,6-9,15-16H2,1-3,5H3/t17?,20-,21+/m1/s1. The first-order valence-electron chi connectivity index (χ1n) is 12.7. The van der Waals surface area contributed by atoms with Gasteiger partial charge in [-0.3, -0.25) is 14.5 Å². The van der Waals surface area contributed by atoms with Gasteiger partial charge in [-0.05, 0) is 56.4 Å². The Morgan fingerprint density at radius 3 is 2.49 bits per heavy atom. The van der Waals surface area contributed by atoms with Gasteiger partial charge in [0.05, 0.1) is 5.52 Å². The average Bonchev–Trinajstić information content (AvgIpc) is 3.75. The average molecular weight is 472 g/mol. The maximum atomic E-state index is 12.8. The van der Waals surface area contributed by atoms with E-state index >= 15 is 0 Å². The summed E-state index contributed by atoms with van der Waals surface area (Å²) in [6.07, 6.45) is 6.48. The monoisotopic (exact) mass is 471 g/mol. The van der Waals surface area contributed by atoms with E-state index in [1.807, 2.05) is 0 Å². The number of aromatic nitrogens is 4. The van der Waals surface area contributed by atoms with Crippen LogP contribution in [-0.4, -0.2) is 49.6 Å². The van der Waals surface area contributed by atoms with E-state index in [1.54, 1.807) is 19.2 Å². The topological polar surface area (TPSA) is 71.5 Å². The number of pyridine rings is 2. The third kappa shape index (κ3) is 4.30. The summed E-state index contributed by atoms with van der Waals surface area (Å²) < 4.78 is 1.51. The van der Waals surface area contributed by atoms with Crippen molar-refractivity contribution in [3.8, 4) is 0 Å². The fourth-order valence-corrected chi connectivity index (χ4v) is 5.36. The zero-order valence-corrected chi connectivity index (χ0v) is 21.0. The van der Waals surface area contributed by atoms with Gasteiger partial charge in [-0.1, -0.05) is 26.5 Å². The number of piperazine rings is 1. The Balaban J connectivity index is 1.49. The van der Waals surface area contributed by atoms with Crippen LogP contribution in [-0.2, 0) is 7.05 Å². The molecule has 8 nitrogen and oxygen atoms in total. The molecule has 35 heavy (non-hydrogen) atoms. The molecule has 3 aromatic heterocycles. The van der Waals surface area contributed by atoms with E-state index in [0.29, 0.717) is 34.6 Å². The zero-order chi connectivity index (χ0) is 24.7. The lowest BCUT2D eigenvalue weighted by Gasteiger charge is -2.48. The normalized spacial score (nSPS) is 21.7. The lowest BCUT2D eigenvalue weighted by molar-refractivity contribution is 0.101. The van der Waals surface area contributed by atoms with Crippen LogP contribution in [0, 0.1) is 6.57 Å². The van der Waals surface area contributed by atoms with E-state index in [-0.39, 0.29) is 17.8 Å². The number of anilines is 1. The van der Waals surface area contributed by atoms with Crippen molar-refractivity contribution in [1.82, 2.24) is 24.4 Å². The van der Waals surface area contributed by atoms with Crippen LogP contribution in [0.1, 0.15) is 69.7 Å². The lowest BCUT2D eigenvalue weighted by atomic mass is 9.97. The minimum absolute atomic E-state index is 0.181. The van der Waals surface area contributed by atoms with Crippen LogP contribution in [0.4, 0.5) is 11.6 Å². The highest BCUT2D eigenvalue weighted by atomic mass is 16.1. The maximum Gasteiger partial charge on any atom is 0.350 e. The lowest BCUT2D eigenvalue weighted by Crippen LogP contribution is -2.59. The van der Waals surface area contributed by atoms with Crippen molar-refractivity contribution in [2.24, 2.45) is 7.05 Å². The quantitative estimate of drug-likeness (QED) is 0.490. The molecule has 182 valence electrons. The van der Waals surface area contributed by atoms with E-state index in [0.717, 1.165) is 25.9 Å². The minimum Gasteiger partial charge on any atom is -0.361 e. The Bertz CT molecular complexity index is 1320. The predicted octanol–water partition coefficient (Wildman–Crippen LogP) is 4.59. The minimum atomic E-state index is -0.301. The molecule has 1 saturated heterocycles.